The van der Waals surface area contributed by atoms with E-state index in [-0.39, 0.29) is 18.1 Å². The average molecular weight is 332 g/mol. The summed E-state index contributed by atoms with van der Waals surface area (Å²) in [6, 6.07) is 3.10. The summed E-state index contributed by atoms with van der Waals surface area (Å²) in [5, 5.41) is 3.51. The second-order valence-electron chi connectivity index (χ2n) is 5.72. The van der Waals surface area contributed by atoms with Gasteiger partial charge in [-0.3, -0.25) is 9.69 Å². The smallest absolute Gasteiger partial charge is 0.238 e. The van der Waals surface area contributed by atoms with Crippen LogP contribution < -0.4 is 11.1 Å². The molecule has 5 nitrogen and oxygen atoms in total. The number of hydrogen-bond acceptors (Lipinski definition) is 4. The van der Waals surface area contributed by atoms with Crippen LogP contribution in [0.25, 0.3) is 0 Å². The fourth-order valence-corrected chi connectivity index (χ4v) is 2.91. The molecule has 0 unspecified atom stereocenters. The zero-order valence-electron chi connectivity index (χ0n) is 12.1. The van der Waals surface area contributed by atoms with E-state index in [9.17, 15) is 4.79 Å². The van der Waals surface area contributed by atoms with Crippen molar-refractivity contribution >= 4 is 40.5 Å². The van der Waals surface area contributed by atoms with E-state index in [2.05, 4.69) is 5.32 Å². The summed E-state index contributed by atoms with van der Waals surface area (Å²) >= 11 is 11.9. The lowest BCUT2D eigenvalue weighted by Gasteiger charge is -2.37. The third kappa shape index (κ3) is 4.48. The summed E-state index contributed by atoms with van der Waals surface area (Å²) in [6.45, 7) is 6.32. The van der Waals surface area contributed by atoms with Gasteiger partial charge in [0.05, 0.1) is 35.2 Å². The van der Waals surface area contributed by atoms with E-state index >= 15 is 0 Å². The summed E-state index contributed by atoms with van der Waals surface area (Å²) in [5.74, 6) is -0.163. The number of halogens is 2. The molecule has 0 bridgehead atoms. The van der Waals surface area contributed by atoms with E-state index in [0.29, 0.717) is 34.6 Å². The Labute approximate surface area is 134 Å². The van der Waals surface area contributed by atoms with Crippen molar-refractivity contribution in [2.45, 2.75) is 19.4 Å². The number of ether oxygens (including phenoxy) is 1. The van der Waals surface area contributed by atoms with E-state index in [0.717, 1.165) is 6.54 Å². The molecule has 1 fully saturated rings. The SMILES string of the molecule is CC1(C)CN(CC(=O)Nc2c(N)cc(Cl)cc2Cl)CCO1. The van der Waals surface area contributed by atoms with E-state index in [4.69, 9.17) is 33.7 Å². The quantitative estimate of drug-likeness (QED) is 0.835. The fourth-order valence-electron chi connectivity index (χ4n) is 2.36. The molecule has 116 valence electrons. The lowest BCUT2D eigenvalue weighted by Crippen LogP contribution is -2.50. The van der Waals surface area contributed by atoms with E-state index in [1.54, 1.807) is 12.1 Å². The van der Waals surface area contributed by atoms with Gasteiger partial charge in [-0.05, 0) is 26.0 Å². The van der Waals surface area contributed by atoms with Gasteiger partial charge in [0, 0.05) is 18.1 Å². The summed E-state index contributed by atoms with van der Waals surface area (Å²) in [7, 11) is 0. The molecule has 7 heteroatoms. The standard InChI is InChI=1S/C14H19Cl2N3O2/c1-14(2)8-19(3-4-21-14)7-12(20)18-13-10(16)5-9(15)6-11(13)17/h5-6H,3-4,7-8,17H2,1-2H3,(H,18,20). The van der Waals surface area contributed by atoms with Crippen LogP contribution in [0.15, 0.2) is 12.1 Å². The molecule has 1 aromatic rings. The van der Waals surface area contributed by atoms with Crippen molar-refractivity contribution in [2.75, 3.05) is 37.3 Å². The average Bonchev–Trinajstić information content (AvgIpc) is 2.32. The Hall–Kier alpha value is -1.01. The molecule has 1 heterocycles. The number of benzene rings is 1. The van der Waals surface area contributed by atoms with Gasteiger partial charge in [-0.1, -0.05) is 23.2 Å². The zero-order valence-corrected chi connectivity index (χ0v) is 13.6. The van der Waals surface area contributed by atoms with Gasteiger partial charge in [0.15, 0.2) is 0 Å². The minimum Gasteiger partial charge on any atom is -0.397 e. The molecule has 0 atom stereocenters. The van der Waals surface area contributed by atoms with Crippen molar-refractivity contribution in [1.82, 2.24) is 4.90 Å². The molecule has 21 heavy (non-hydrogen) atoms. The largest absolute Gasteiger partial charge is 0.397 e. The van der Waals surface area contributed by atoms with Gasteiger partial charge in [0.25, 0.3) is 0 Å². The summed E-state index contributed by atoms with van der Waals surface area (Å²) < 4.78 is 5.62. The van der Waals surface area contributed by atoms with Crippen LogP contribution in [0.1, 0.15) is 13.8 Å². The van der Waals surface area contributed by atoms with Crippen LogP contribution in [-0.4, -0.2) is 42.6 Å². The number of carbonyl (C=O) groups is 1. The molecule has 1 aliphatic rings. The molecule has 0 spiro atoms. The Bertz CT molecular complexity index is 526. The molecule has 1 amide bonds. The number of morpholine rings is 1. The monoisotopic (exact) mass is 331 g/mol. The fraction of sp³-hybridized carbons (Fsp3) is 0.500. The number of amides is 1. The van der Waals surface area contributed by atoms with Crippen LogP contribution in [-0.2, 0) is 9.53 Å². The third-order valence-electron chi connectivity index (χ3n) is 3.22. The van der Waals surface area contributed by atoms with Crippen molar-refractivity contribution in [1.29, 1.82) is 0 Å². The minimum atomic E-state index is -0.241. The van der Waals surface area contributed by atoms with Crippen LogP contribution in [0, 0.1) is 0 Å². The van der Waals surface area contributed by atoms with E-state index in [1.165, 1.54) is 0 Å². The van der Waals surface area contributed by atoms with Gasteiger partial charge in [-0.2, -0.15) is 0 Å². The highest BCUT2D eigenvalue weighted by atomic mass is 35.5. The number of nitrogens with zero attached hydrogens (tertiary/aromatic N) is 1. The number of nitrogen functional groups attached to an aromatic ring is 1. The first-order valence-corrected chi connectivity index (χ1v) is 7.43. The number of nitrogens with one attached hydrogen (secondary N) is 1. The van der Waals surface area contributed by atoms with Crippen molar-refractivity contribution in [3.63, 3.8) is 0 Å². The predicted molar refractivity (Wildman–Crippen MR) is 86.0 cm³/mol. The first-order chi connectivity index (χ1) is 9.77. The lowest BCUT2D eigenvalue weighted by molar-refractivity contribution is -0.122. The second-order valence-corrected chi connectivity index (χ2v) is 6.56. The van der Waals surface area contributed by atoms with Crippen LogP contribution in [0.5, 0.6) is 0 Å². The third-order valence-corrected chi connectivity index (χ3v) is 3.74. The summed E-state index contributed by atoms with van der Waals surface area (Å²) in [5.41, 5.74) is 6.34. The molecular formula is C14H19Cl2N3O2. The molecule has 0 saturated carbocycles. The van der Waals surface area contributed by atoms with E-state index in [1.807, 2.05) is 18.7 Å². The van der Waals surface area contributed by atoms with Crippen molar-refractivity contribution in [3.05, 3.63) is 22.2 Å². The highest BCUT2D eigenvalue weighted by Gasteiger charge is 2.28. The van der Waals surface area contributed by atoms with Crippen LogP contribution in [0.4, 0.5) is 11.4 Å². The van der Waals surface area contributed by atoms with Crippen molar-refractivity contribution in [3.8, 4) is 0 Å². The molecule has 1 saturated heterocycles. The Morgan fingerprint density at radius 2 is 2.19 bits per heavy atom. The molecule has 1 aliphatic heterocycles. The zero-order chi connectivity index (χ0) is 15.6. The predicted octanol–water partition coefficient (Wildman–Crippen LogP) is 2.62. The number of nitrogens with two attached hydrogens (primary N) is 1. The second kappa shape index (κ2) is 6.40. The van der Waals surface area contributed by atoms with Crippen molar-refractivity contribution < 1.29 is 9.53 Å². The molecular weight excluding hydrogens is 313 g/mol. The Morgan fingerprint density at radius 3 is 2.81 bits per heavy atom. The number of rotatable bonds is 3. The molecule has 0 aliphatic carbocycles. The maximum Gasteiger partial charge on any atom is 0.238 e. The Balaban J connectivity index is 1.99. The normalized spacial score (nSPS) is 18.5. The Morgan fingerprint density at radius 1 is 1.48 bits per heavy atom. The van der Waals surface area contributed by atoms with E-state index < -0.39 is 0 Å². The highest BCUT2D eigenvalue weighted by molar-refractivity contribution is 6.37. The molecule has 0 radical (unpaired) electrons. The maximum absolute atomic E-state index is 12.1. The van der Waals surface area contributed by atoms with Crippen molar-refractivity contribution in [2.24, 2.45) is 0 Å². The summed E-state index contributed by atoms with van der Waals surface area (Å²) in [6.07, 6.45) is 0. The first kappa shape index (κ1) is 16.4. The van der Waals surface area contributed by atoms with Crippen LogP contribution in [0.3, 0.4) is 0 Å². The molecule has 0 aromatic heterocycles. The molecule has 2 rings (SSSR count). The van der Waals surface area contributed by atoms with Gasteiger partial charge in [-0.15, -0.1) is 0 Å². The lowest BCUT2D eigenvalue weighted by atomic mass is 10.1. The van der Waals surface area contributed by atoms with Gasteiger partial charge >= 0.3 is 0 Å². The molecule has 3 N–H and O–H groups in total. The Kier molecular flexibility index (Phi) is 4.99. The van der Waals surface area contributed by atoms with Crippen LogP contribution in [0.2, 0.25) is 10.0 Å². The maximum atomic E-state index is 12.1. The van der Waals surface area contributed by atoms with Gasteiger partial charge < -0.3 is 15.8 Å². The number of carbonyl (C=O) groups excluding carboxylic acids is 1. The highest BCUT2D eigenvalue weighted by Crippen LogP contribution is 2.32. The molecule has 1 aromatic carbocycles. The minimum absolute atomic E-state index is 0.163. The van der Waals surface area contributed by atoms with Gasteiger partial charge in [-0.25, -0.2) is 0 Å². The summed E-state index contributed by atoms with van der Waals surface area (Å²) in [4.78, 5) is 14.2. The number of anilines is 2. The van der Waals surface area contributed by atoms with Gasteiger partial charge in [0.1, 0.15) is 0 Å². The topological polar surface area (TPSA) is 67.6 Å². The number of hydrogen-bond donors (Lipinski definition) is 2. The first-order valence-electron chi connectivity index (χ1n) is 6.67. The van der Waals surface area contributed by atoms with Gasteiger partial charge in [0.2, 0.25) is 5.91 Å². The van der Waals surface area contributed by atoms with Crippen LogP contribution >= 0.6 is 23.2 Å².